The van der Waals surface area contributed by atoms with E-state index in [1.165, 1.54) is 31.2 Å². The monoisotopic (exact) mass is 535 g/mol. The molecule has 0 unspecified atom stereocenters. The van der Waals surface area contributed by atoms with Crippen LogP contribution >= 0.6 is 23.4 Å². The van der Waals surface area contributed by atoms with Crippen LogP contribution in [0.3, 0.4) is 0 Å². The van der Waals surface area contributed by atoms with E-state index < -0.39 is 23.7 Å². The summed E-state index contributed by atoms with van der Waals surface area (Å²) in [5.41, 5.74) is -1.07. The number of aromatic nitrogens is 1. The second-order valence-electron chi connectivity index (χ2n) is 7.27. The highest BCUT2D eigenvalue weighted by molar-refractivity contribution is 8.00. The van der Waals surface area contributed by atoms with Gasteiger partial charge in [-0.15, -0.1) is 11.8 Å². The highest BCUT2D eigenvalue weighted by Crippen LogP contribution is 2.39. The van der Waals surface area contributed by atoms with Crippen molar-refractivity contribution in [2.45, 2.75) is 11.1 Å². The third-order valence-electron chi connectivity index (χ3n) is 5.01. The summed E-state index contributed by atoms with van der Waals surface area (Å²) in [6.07, 6.45) is -3.89. The van der Waals surface area contributed by atoms with E-state index in [1.807, 2.05) is 0 Å². The van der Waals surface area contributed by atoms with E-state index in [2.05, 4.69) is 4.98 Å². The fourth-order valence-corrected chi connectivity index (χ4v) is 4.41. The minimum atomic E-state index is -4.76. The van der Waals surface area contributed by atoms with Gasteiger partial charge < -0.3 is 14.7 Å². The number of ether oxygens (including phenoxy) is 1. The Morgan fingerprint density at radius 2 is 1.92 bits per heavy atom. The first-order valence-electron chi connectivity index (χ1n) is 10.0. The SMILES string of the molecule is COc1ccccc1N(C)C(=O)c1cc(-c2cnc(C(F)(F)F)cc2C#N)c(Cl)cc1SCC(=O)O. The number of carbonyl (C=O) groups is 2. The lowest BCUT2D eigenvalue weighted by Crippen LogP contribution is -2.27. The molecule has 0 saturated carbocycles. The van der Waals surface area contributed by atoms with Crippen LogP contribution in [-0.2, 0) is 11.0 Å². The van der Waals surface area contributed by atoms with Crippen molar-refractivity contribution in [1.29, 1.82) is 5.26 Å². The van der Waals surface area contributed by atoms with Crippen LogP contribution in [0.2, 0.25) is 5.02 Å². The number of nitrogens with zero attached hydrogens (tertiary/aromatic N) is 3. The summed E-state index contributed by atoms with van der Waals surface area (Å²) in [6.45, 7) is 0. The Balaban J connectivity index is 2.18. The van der Waals surface area contributed by atoms with Crippen molar-refractivity contribution in [1.82, 2.24) is 4.98 Å². The van der Waals surface area contributed by atoms with Crippen molar-refractivity contribution in [3.8, 4) is 22.9 Å². The molecule has 186 valence electrons. The van der Waals surface area contributed by atoms with Gasteiger partial charge in [0.1, 0.15) is 11.4 Å². The lowest BCUT2D eigenvalue weighted by atomic mass is 9.99. The molecule has 0 spiro atoms. The van der Waals surface area contributed by atoms with E-state index in [4.69, 9.17) is 21.4 Å². The Kier molecular flexibility index (Phi) is 8.12. The molecule has 1 aromatic heterocycles. The van der Waals surface area contributed by atoms with Crippen LogP contribution in [0.1, 0.15) is 21.6 Å². The molecule has 0 bridgehead atoms. The van der Waals surface area contributed by atoms with Gasteiger partial charge in [0.2, 0.25) is 0 Å². The van der Waals surface area contributed by atoms with Crippen LogP contribution in [0, 0.1) is 11.3 Å². The van der Waals surface area contributed by atoms with Gasteiger partial charge in [-0.05, 0) is 30.3 Å². The largest absolute Gasteiger partial charge is 0.495 e. The van der Waals surface area contributed by atoms with Gasteiger partial charge >= 0.3 is 12.1 Å². The van der Waals surface area contributed by atoms with Crippen LogP contribution < -0.4 is 9.64 Å². The Bertz CT molecular complexity index is 1380. The standard InChI is InChI=1S/C24H17ClF3N3O4S/c1-31(18-5-3-4-6-19(18)35-2)23(34)15-8-14(17(25)9-20(15)36-12-22(32)33)16-11-30-21(24(26,27)28)7-13(16)10-29/h3-9,11H,12H2,1-2H3,(H,32,33). The average Bonchev–Trinajstić information content (AvgIpc) is 2.85. The molecular formula is C24H17ClF3N3O4S. The number of anilines is 1. The highest BCUT2D eigenvalue weighted by atomic mass is 35.5. The average molecular weight is 536 g/mol. The van der Waals surface area contributed by atoms with E-state index in [1.54, 1.807) is 30.3 Å². The van der Waals surface area contributed by atoms with Gasteiger partial charge in [0.05, 0.1) is 35.7 Å². The van der Waals surface area contributed by atoms with Gasteiger partial charge in [-0.1, -0.05) is 23.7 Å². The van der Waals surface area contributed by atoms with Crippen LogP contribution in [0.15, 0.2) is 53.6 Å². The first kappa shape index (κ1) is 26.8. The lowest BCUT2D eigenvalue weighted by Gasteiger charge is -2.22. The number of hydrogen-bond acceptors (Lipinski definition) is 6. The van der Waals surface area contributed by atoms with Crippen molar-refractivity contribution >= 4 is 40.9 Å². The predicted octanol–water partition coefficient (Wildman–Crippen LogP) is 5.75. The first-order chi connectivity index (χ1) is 17.0. The topological polar surface area (TPSA) is 104 Å². The van der Waals surface area contributed by atoms with Gasteiger partial charge in [0.25, 0.3) is 5.91 Å². The number of hydrogen-bond donors (Lipinski definition) is 1. The van der Waals surface area contributed by atoms with Crippen LogP contribution in [0.25, 0.3) is 11.1 Å². The van der Waals surface area contributed by atoms with E-state index in [9.17, 15) is 28.0 Å². The molecule has 1 N–H and O–H groups in total. The Hall–Kier alpha value is -3.75. The van der Waals surface area contributed by atoms with E-state index >= 15 is 0 Å². The first-order valence-corrected chi connectivity index (χ1v) is 11.4. The third kappa shape index (κ3) is 5.72. The van der Waals surface area contributed by atoms with Crippen molar-refractivity contribution in [3.05, 3.63) is 70.5 Å². The fraction of sp³-hybridized carbons (Fsp3) is 0.167. The summed E-state index contributed by atoms with van der Waals surface area (Å²) < 4.78 is 44.6. The molecule has 36 heavy (non-hydrogen) atoms. The van der Waals surface area contributed by atoms with Gasteiger partial charge in [-0.25, -0.2) is 0 Å². The van der Waals surface area contributed by atoms with Gasteiger partial charge in [0, 0.05) is 34.3 Å². The number of rotatable bonds is 7. The maximum absolute atomic E-state index is 13.6. The molecule has 12 heteroatoms. The number of para-hydroxylation sites is 2. The molecule has 0 aliphatic heterocycles. The molecule has 0 atom stereocenters. The number of benzene rings is 2. The molecule has 2 aromatic carbocycles. The summed E-state index contributed by atoms with van der Waals surface area (Å²) in [7, 11) is 2.92. The molecule has 0 aliphatic carbocycles. The summed E-state index contributed by atoms with van der Waals surface area (Å²) in [6, 6.07) is 11.7. The molecule has 0 saturated heterocycles. The second-order valence-corrected chi connectivity index (χ2v) is 8.70. The number of aliphatic carboxylic acids is 1. The number of methoxy groups -OCH3 is 1. The minimum absolute atomic E-state index is 0.00237. The van der Waals surface area contributed by atoms with Gasteiger partial charge in [0.15, 0.2) is 0 Å². The zero-order valence-electron chi connectivity index (χ0n) is 18.8. The van der Waals surface area contributed by atoms with Crippen molar-refractivity contribution < 1.29 is 32.6 Å². The molecule has 3 aromatic rings. The minimum Gasteiger partial charge on any atom is -0.495 e. The molecule has 0 aliphatic rings. The van der Waals surface area contributed by atoms with Crippen molar-refractivity contribution in [2.75, 3.05) is 24.8 Å². The van der Waals surface area contributed by atoms with Crippen LogP contribution in [0.5, 0.6) is 5.75 Å². The molecule has 7 nitrogen and oxygen atoms in total. The zero-order valence-corrected chi connectivity index (χ0v) is 20.3. The number of nitriles is 1. The third-order valence-corrected chi connectivity index (χ3v) is 6.36. The van der Waals surface area contributed by atoms with Crippen LogP contribution in [-0.4, -0.2) is 41.9 Å². The number of carboxylic acids is 1. The lowest BCUT2D eigenvalue weighted by molar-refractivity contribution is -0.141. The number of alkyl halides is 3. The van der Waals surface area contributed by atoms with E-state index in [0.717, 1.165) is 18.0 Å². The number of carbonyl (C=O) groups excluding carboxylic acids is 1. The molecule has 0 radical (unpaired) electrons. The fourth-order valence-electron chi connectivity index (χ4n) is 3.30. The van der Waals surface area contributed by atoms with Gasteiger partial charge in [-0.3, -0.25) is 14.6 Å². The zero-order chi connectivity index (χ0) is 26.6. The predicted molar refractivity (Wildman–Crippen MR) is 128 cm³/mol. The molecule has 3 rings (SSSR count). The molecule has 0 fully saturated rings. The van der Waals surface area contributed by atoms with Gasteiger partial charge in [-0.2, -0.15) is 18.4 Å². The number of carboxylic acid groups (broad SMARTS) is 1. The van der Waals surface area contributed by atoms with Crippen molar-refractivity contribution in [3.63, 3.8) is 0 Å². The summed E-state index contributed by atoms with van der Waals surface area (Å²) in [4.78, 5) is 29.6. The Labute approximate surface area is 213 Å². The van der Waals surface area contributed by atoms with Crippen molar-refractivity contribution in [2.24, 2.45) is 0 Å². The quantitative estimate of drug-likeness (QED) is 0.384. The number of amides is 1. The Morgan fingerprint density at radius 3 is 2.53 bits per heavy atom. The Morgan fingerprint density at radius 1 is 1.22 bits per heavy atom. The number of thioether (sulfide) groups is 1. The molecule has 1 amide bonds. The number of pyridine rings is 1. The normalized spacial score (nSPS) is 11.0. The maximum Gasteiger partial charge on any atom is 0.433 e. The van der Waals surface area contributed by atoms with E-state index in [0.29, 0.717) is 17.5 Å². The second kappa shape index (κ2) is 10.9. The summed E-state index contributed by atoms with van der Waals surface area (Å²) >= 11 is 7.24. The van der Waals surface area contributed by atoms with Crippen LogP contribution in [0.4, 0.5) is 18.9 Å². The summed E-state index contributed by atoms with van der Waals surface area (Å²) in [5.74, 6) is -1.67. The molecular weight excluding hydrogens is 519 g/mol. The highest BCUT2D eigenvalue weighted by Gasteiger charge is 2.33. The van der Waals surface area contributed by atoms with E-state index in [-0.39, 0.29) is 37.9 Å². The molecule has 1 heterocycles. The smallest absolute Gasteiger partial charge is 0.433 e. The summed E-state index contributed by atoms with van der Waals surface area (Å²) in [5, 5.41) is 18.6. The maximum atomic E-state index is 13.6. The number of halogens is 4.